The van der Waals surface area contributed by atoms with Gasteiger partial charge in [-0.2, -0.15) is 0 Å². The Balaban J connectivity index is 2.22. The second-order valence-electron chi connectivity index (χ2n) is 2.16. The predicted molar refractivity (Wildman–Crippen MR) is 32.2 cm³/mol. The van der Waals surface area contributed by atoms with Crippen molar-refractivity contribution in [2.45, 2.75) is 19.4 Å². The summed E-state index contributed by atoms with van der Waals surface area (Å²) in [6.07, 6.45) is 0.739. The van der Waals surface area contributed by atoms with Gasteiger partial charge in [0.05, 0.1) is 6.10 Å². The number of likely N-dealkylation sites (N-methyl/N-ethyl adjacent to an activating group) is 1. The van der Waals surface area contributed by atoms with E-state index in [1.54, 1.807) is 0 Å². The summed E-state index contributed by atoms with van der Waals surface area (Å²) in [5.74, 6) is 0. The molecule has 1 atom stereocenters. The molecule has 0 bridgehead atoms. The normalized spacial score (nSPS) is 31.5. The Kier molecular flexibility index (Phi) is 1.86. The number of hydrogen-bond acceptors (Lipinski definition) is 2. The van der Waals surface area contributed by atoms with Crippen LogP contribution < -0.4 is 0 Å². The smallest absolute Gasteiger partial charge is 0.0682 e. The molecule has 1 unspecified atom stereocenters. The van der Waals surface area contributed by atoms with Gasteiger partial charge in [-0.15, -0.1) is 0 Å². The standard InChI is InChI=1S/C6H12NO/c1-2-7-4-3-6(8)5-7/h4,6,8H,2-3,5H2,1H3. The van der Waals surface area contributed by atoms with Crippen molar-refractivity contribution in [3.8, 4) is 0 Å². The van der Waals surface area contributed by atoms with Crippen molar-refractivity contribution in [1.82, 2.24) is 4.90 Å². The first kappa shape index (κ1) is 6.05. The van der Waals surface area contributed by atoms with Crippen LogP contribution in [0.2, 0.25) is 0 Å². The van der Waals surface area contributed by atoms with Crippen molar-refractivity contribution in [3.63, 3.8) is 0 Å². The molecule has 1 N–H and O–H groups in total. The maximum Gasteiger partial charge on any atom is 0.0682 e. The highest BCUT2D eigenvalue weighted by Crippen LogP contribution is 2.11. The molecule has 0 saturated carbocycles. The van der Waals surface area contributed by atoms with Crippen molar-refractivity contribution in [3.05, 3.63) is 6.54 Å². The number of aliphatic hydroxyl groups is 1. The van der Waals surface area contributed by atoms with E-state index in [0.717, 1.165) is 19.5 Å². The third-order valence-corrected chi connectivity index (χ3v) is 1.49. The lowest BCUT2D eigenvalue weighted by molar-refractivity contribution is 0.178. The summed E-state index contributed by atoms with van der Waals surface area (Å²) in [6.45, 7) is 6.01. The highest BCUT2D eigenvalue weighted by molar-refractivity contribution is 4.82. The molecule has 0 aromatic rings. The summed E-state index contributed by atoms with van der Waals surface area (Å²) in [6, 6.07) is 0. The monoisotopic (exact) mass is 114 g/mol. The van der Waals surface area contributed by atoms with Crippen LogP contribution in [0.1, 0.15) is 13.3 Å². The minimum absolute atomic E-state index is 0.102. The van der Waals surface area contributed by atoms with E-state index in [0.29, 0.717) is 0 Å². The van der Waals surface area contributed by atoms with Crippen LogP contribution in [-0.4, -0.2) is 29.2 Å². The fourth-order valence-electron chi connectivity index (χ4n) is 0.949. The molecule has 1 radical (unpaired) electrons. The summed E-state index contributed by atoms with van der Waals surface area (Å²) in [5, 5.41) is 8.96. The van der Waals surface area contributed by atoms with Gasteiger partial charge < -0.3 is 5.11 Å². The van der Waals surface area contributed by atoms with Crippen LogP contribution in [0.25, 0.3) is 0 Å². The zero-order valence-corrected chi connectivity index (χ0v) is 5.17. The van der Waals surface area contributed by atoms with Crippen LogP contribution in [0.4, 0.5) is 0 Å². The molecule has 1 fully saturated rings. The van der Waals surface area contributed by atoms with Gasteiger partial charge in [0.25, 0.3) is 0 Å². The van der Waals surface area contributed by atoms with Gasteiger partial charge in [0.15, 0.2) is 0 Å². The van der Waals surface area contributed by atoms with E-state index in [2.05, 4.69) is 18.4 Å². The van der Waals surface area contributed by atoms with Gasteiger partial charge >= 0.3 is 0 Å². The highest BCUT2D eigenvalue weighted by Gasteiger charge is 2.17. The molecule has 1 saturated heterocycles. The van der Waals surface area contributed by atoms with Crippen molar-refractivity contribution >= 4 is 0 Å². The molecule has 0 spiro atoms. The van der Waals surface area contributed by atoms with E-state index < -0.39 is 0 Å². The quantitative estimate of drug-likeness (QED) is 0.527. The van der Waals surface area contributed by atoms with E-state index >= 15 is 0 Å². The average molecular weight is 114 g/mol. The Hall–Kier alpha value is -0.0800. The zero-order chi connectivity index (χ0) is 5.98. The molecule has 0 aromatic carbocycles. The zero-order valence-electron chi connectivity index (χ0n) is 5.17. The number of hydrogen-bond donors (Lipinski definition) is 1. The van der Waals surface area contributed by atoms with Gasteiger partial charge in [-0.3, -0.25) is 4.90 Å². The van der Waals surface area contributed by atoms with Gasteiger partial charge in [-0.05, 0) is 13.0 Å². The SMILES string of the molecule is CCN1[CH]CC(O)C1. The molecular formula is C6H12NO. The molecule has 2 heteroatoms. The first-order chi connectivity index (χ1) is 3.83. The van der Waals surface area contributed by atoms with Crippen LogP contribution in [0.5, 0.6) is 0 Å². The van der Waals surface area contributed by atoms with Gasteiger partial charge in [-0.1, -0.05) is 6.92 Å². The predicted octanol–water partition coefficient (Wildman–Crippen LogP) is 0.235. The van der Waals surface area contributed by atoms with Crippen molar-refractivity contribution in [2.75, 3.05) is 13.1 Å². The second-order valence-corrected chi connectivity index (χ2v) is 2.16. The van der Waals surface area contributed by atoms with Crippen LogP contribution in [-0.2, 0) is 0 Å². The summed E-state index contributed by atoms with van der Waals surface area (Å²) in [4.78, 5) is 2.13. The number of aliphatic hydroxyl groups excluding tert-OH is 1. The topological polar surface area (TPSA) is 23.5 Å². The van der Waals surface area contributed by atoms with E-state index in [1.807, 2.05) is 0 Å². The van der Waals surface area contributed by atoms with E-state index in [9.17, 15) is 0 Å². The third-order valence-electron chi connectivity index (χ3n) is 1.49. The lowest BCUT2D eigenvalue weighted by Gasteiger charge is -2.08. The van der Waals surface area contributed by atoms with Crippen LogP contribution >= 0.6 is 0 Å². The molecule has 0 amide bonds. The van der Waals surface area contributed by atoms with Gasteiger partial charge in [0, 0.05) is 13.1 Å². The Labute approximate surface area is 50.1 Å². The summed E-state index contributed by atoms with van der Waals surface area (Å²) < 4.78 is 0. The summed E-state index contributed by atoms with van der Waals surface area (Å²) in [7, 11) is 0. The Morgan fingerprint density at radius 3 is 2.88 bits per heavy atom. The maximum atomic E-state index is 8.96. The van der Waals surface area contributed by atoms with E-state index in [1.165, 1.54) is 0 Å². The highest BCUT2D eigenvalue weighted by atomic mass is 16.3. The molecular weight excluding hydrogens is 102 g/mol. The maximum absolute atomic E-state index is 8.96. The largest absolute Gasteiger partial charge is 0.392 e. The molecule has 47 valence electrons. The summed E-state index contributed by atoms with van der Waals surface area (Å²) >= 11 is 0. The molecule has 1 heterocycles. The third kappa shape index (κ3) is 1.20. The lowest BCUT2D eigenvalue weighted by atomic mass is 10.3. The number of β-amino-alcohol motifs (C(OH)–C–C–N with tert-alkyl or cyclic N) is 1. The Morgan fingerprint density at radius 1 is 1.88 bits per heavy atom. The molecule has 0 aromatic heterocycles. The first-order valence-corrected chi connectivity index (χ1v) is 3.08. The molecule has 1 aliphatic rings. The van der Waals surface area contributed by atoms with E-state index in [-0.39, 0.29) is 6.10 Å². The molecule has 1 rings (SSSR count). The van der Waals surface area contributed by atoms with Crippen LogP contribution in [0, 0.1) is 6.54 Å². The van der Waals surface area contributed by atoms with E-state index in [4.69, 9.17) is 5.11 Å². The van der Waals surface area contributed by atoms with Gasteiger partial charge in [0.1, 0.15) is 0 Å². The molecule has 8 heavy (non-hydrogen) atoms. The molecule has 1 aliphatic heterocycles. The van der Waals surface area contributed by atoms with Crippen molar-refractivity contribution < 1.29 is 5.11 Å². The molecule has 0 aliphatic carbocycles. The van der Waals surface area contributed by atoms with Crippen molar-refractivity contribution in [1.29, 1.82) is 0 Å². The first-order valence-electron chi connectivity index (χ1n) is 3.08. The van der Waals surface area contributed by atoms with Crippen molar-refractivity contribution in [2.24, 2.45) is 0 Å². The second kappa shape index (κ2) is 2.46. The van der Waals surface area contributed by atoms with Crippen LogP contribution in [0.15, 0.2) is 0 Å². The lowest BCUT2D eigenvalue weighted by Crippen LogP contribution is -2.18. The summed E-state index contributed by atoms with van der Waals surface area (Å²) in [5.41, 5.74) is 0. The Bertz CT molecular complexity index is 74.9. The van der Waals surface area contributed by atoms with Gasteiger partial charge in [0.2, 0.25) is 0 Å². The number of likely N-dealkylation sites (tertiary alicyclic amines) is 1. The fourth-order valence-corrected chi connectivity index (χ4v) is 0.949. The van der Waals surface area contributed by atoms with Gasteiger partial charge in [-0.25, -0.2) is 0 Å². The molecule has 2 nitrogen and oxygen atoms in total. The number of rotatable bonds is 1. The minimum atomic E-state index is -0.102. The van der Waals surface area contributed by atoms with Crippen LogP contribution in [0.3, 0.4) is 0 Å². The fraction of sp³-hybridized carbons (Fsp3) is 0.833. The minimum Gasteiger partial charge on any atom is -0.392 e. The average Bonchev–Trinajstić information content (AvgIpc) is 2.14. The Morgan fingerprint density at radius 2 is 2.62 bits per heavy atom. The number of nitrogens with zero attached hydrogens (tertiary/aromatic N) is 1.